The number of hydrogen-bond acceptors (Lipinski definition) is 6. The molecule has 27 heavy (non-hydrogen) atoms. The molecule has 0 saturated carbocycles. The Morgan fingerprint density at radius 1 is 1.30 bits per heavy atom. The molecule has 4 rings (SSSR count). The van der Waals surface area contributed by atoms with Gasteiger partial charge < -0.3 is 9.47 Å². The van der Waals surface area contributed by atoms with Crippen molar-refractivity contribution in [2.45, 2.75) is 17.7 Å². The first-order valence-electron chi connectivity index (χ1n) is 8.14. The molecule has 9 heteroatoms. The molecule has 7 nitrogen and oxygen atoms in total. The summed E-state index contributed by atoms with van der Waals surface area (Å²) in [6, 6.07) is 10.4. The van der Waals surface area contributed by atoms with Crippen LogP contribution in [0.15, 0.2) is 53.7 Å². The molecule has 1 saturated heterocycles. The third-order valence-electron chi connectivity index (χ3n) is 4.05. The van der Waals surface area contributed by atoms with E-state index >= 15 is 0 Å². The lowest BCUT2D eigenvalue weighted by Crippen LogP contribution is -2.02. The van der Waals surface area contributed by atoms with Crippen molar-refractivity contribution >= 4 is 32.4 Å². The Hall–Kier alpha value is -1.98. The van der Waals surface area contributed by atoms with Gasteiger partial charge in [-0.25, -0.2) is 13.1 Å². The first-order chi connectivity index (χ1) is 12.9. The highest BCUT2D eigenvalue weighted by molar-refractivity contribution is 14.1. The van der Waals surface area contributed by atoms with Crippen LogP contribution < -0.4 is 4.74 Å². The van der Waals surface area contributed by atoms with E-state index in [1.165, 1.54) is 6.26 Å². The summed E-state index contributed by atoms with van der Waals surface area (Å²) in [5.41, 5.74) is 2.49. The average Bonchev–Trinajstić information content (AvgIpc) is 3.42. The van der Waals surface area contributed by atoms with Crippen molar-refractivity contribution < 1.29 is 17.9 Å². The number of nitrogens with zero attached hydrogens (tertiary/aromatic N) is 3. The number of rotatable bonds is 6. The summed E-state index contributed by atoms with van der Waals surface area (Å²) in [6.45, 7) is 0.925. The second-order valence-electron chi connectivity index (χ2n) is 6.16. The highest BCUT2D eigenvalue weighted by Gasteiger charge is 2.29. The van der Waals surface area contributed by atoms with Crippen LogP contribution in [-0.2, 0) is 21.2 Å². The predicted molar refractivity (Wildman–Crippen MR) is 107 cm³/mol. The Bertz CT molecular complexity index is 1080. The van der Waals surface area contributed by atoms with E-state index in [4.69, 9.17) is 9.47 Å². The smallest absolute Gasteiger partial charge is 0.175 e. The zero-order valence-corrected chi connectivity index (χ0v) is 17.3. The van der Waals surface area contributed by atoms with Gasteiger partial charge in [-0.3, -0.25) is 4.98 Å². The topological polar surface area (TPSA) is 86.6 Å². The molecule has 3 heterocycles. The summed E-state index contributed by atoms with van der Waals surface area (Å²) in [7, 11) is -3.24. The van der Waals surface area contributed by atoms with Crippen molar-refractivity contribution in [1.82, 2.24) is 14.8 Å². The fourth-order valence-corrected chi connectivity index (χ4v) is 3.96. The molecule has 0 spiro atoms. The largest absolute Gasteiger partial charge is 0.487 e. The number of benzene rings is 1. The average molecular weight is 497 g/mol. The van der Waals surface area contributed by atoms with Gasteiger partial charge in [-0.2, -0.15) is 5.10 Å². The monoisotopic (exact) mass is 497 g/mol. The Balaban J connectivity index is 1.48. The van der Waals surface area contributed by atoms with Gasteiger partial charge in [0.2, 0.25) is 0 Å². The molecule has 3 aromatic rings. The van der Waals surface area contributed by atoms with Crippen LogP contribution in [0.1, 0.15) is 11.8 Å². The van der Waals surface area contributed by atoms with E-state index < -0.39 is 9.84 Å². The number of epoxide rings is 1. The summed E-state index contributed by atoms with van der Waals surface area (Å²) in [4.78, 5) is 4.76. The minimum atomic E-state index is -3.24. The molecule has 140 valence electrons. The minimum Gasteiger partial charge on any atom is -0.487 e. The summed E-state index contributed by atoms with van der Waals surface area (Å²) >= 11 is 2.23. The SMILES string of the molecule is CS(=O)(=O)c1cccc(COc2ccc(-c3c(I)cnn3C3CO3)nc2)c1. The molecule has 1 aliphatic heterocycles. The third-order valence-corrected chi connectivity index (χ3v) is 5.95. The van der Waals surface area contributed by atoms with Crippen molar-refractivity contribution in [3.63, 3.8) is 0 Å². The van der Waals surface area contributed by atoms with Crippen LogP contribution >= 0.6 is 22.6 Å². The summed E-state index contributed by atoms with van der Waals surface area (Å²) in [5, 5.41) is 4.34. The molecule has 1 aliphatic rings. The van der Waals surface area contributed by atoms with Crippen LogP contribution in [0, 0.1) is 3.57 Å². The quantitative estimate of drug-likeness (QED) is 0.385. The maximum atomic E-state index is 11.6. The third kappa shape index (κ3) is 4.14. The minimum absolute atomic E-state index is 0.0108. The van der Waals surface area contributed by atoms with Gasteiger partial charge in [0.15, 0.2) is 16.1 Å². The lowest BCUT2D eigenvalue weighted by Gasteiger charge is -2.09. The fraction of sp³-hybridized carbons (Fsp3) is 0.222. The van der Waals surface area contributed by atoms with Gasteiger partial charge >= 0.3 is 0 Å². The lowest BCUT2D eigenvalue weighted by atomic mass is 10.2. The van der Waals surface area contributed by atoms with Crippen LogP contribution in [0.2, 0.25) is 0 Å². The number of aromatic nitrogens is 3. The van der Waals surface area contributed by atoms with Crippen LogP contribution in [0.4, 0.5) is 0 Å². The van der Waals surface area contributed by atoms with E-state index in [0.717, 1.165) is 20.5 Å². The van der Waals surface area contributed by atoms with Gasteiger partial charge in [-0.15, -0.1) is 0 Å². The van der Waals surface area contributed by atoms with Crippen molar-refractivity contribution in [2.24, 2.45) is 0 Å². The molecule has 0 bridgehead atoms. The van der Waals surface area contributed by atoms with E-state index in [9.17, 15) is 8.42 Å². The molecule has 1 atom stereocenters. The van der Waals surface area contributed by atoms with Gasteiger partial charge in [0.1, 0.15) is 18.1 Å². The Labute approximate surface area is 170 Å². The normalized spacial score (nSPS) is 16.3. The second kappa shape index (κ2) is 7.21. The fourth-order valence-electron chi connectivity index (χ4n) is 2.62. The molecule has 0 aliphatic carbocycles. The van der Waals surface area contributed by atoms with Crippen molar-refractivity contribution in [3.05, 3.63) is 57.9 Å². The highest BCUT2D eigenvalue weighted by atomic mass is 127. The Kier molecular flexibility index (Phi) is 4.91. The summed E-state index contributed by atoms with van der Waals surface area (Å²) in [6.07, 6.45) is 4.62. The second-order valence-corrected chi connectivity index (χ2v) is 9.34. The van der Waals surface area contributed by atoms with Crippen molar-refractivity contribution in [2.75, 3.05) is 12.9 Å². The maximum absolute atomic E-state index is 11.6. The molecule has 0 radical (unpaired) electrons. The van der Waals surface area contributed by atoms with Gasteiger partial charge in [0, 0.05) is 6.26 Å². The van der Waals surface area contributed by atoms with Gasteiger partial charge in [-0.05, 0) is 52.4 Å². The van der Waals surface area contributed by atoms with Crippen LogP contribution in [0.3, 0.4) is 0 Å². The number of hydrogen-bond donors (Lipinski definition) is 0. The molecule has 1 fully saturated rings. The molecule has 0 amide bonds. The number of ether oxygens (including phenoxy) is 2. The number of sulfone groups is 1. The first kappa shape index (κ1) is 18.4. The molecule has 1 unspecified atom stereocenters. The Morgan fingerprint density at radius 3 is 2.78 bits per heavy atom. The molecular formula is C18H16IN3O4S. The molecule has 0 N–H and O–H groups in total. The first-order valence-corrected chi connectivity index (χ1v) is 11.1. The van der Waals surface area contributed by atoms with Crippen LogP contribution in [0.5, 0.6) is 5.75 Å². The van der Waals surface area contributed by atoms with Crippen LogP contribution in [-0.4, -0.2) is 36.0 Å². The van der Waals surface area contributed by atoms with E-state index in [-0.39, 0.29) is 17.7 Å². The molecule has 2 aromatic heterocycles. The zero-order valence-electron chi connectivity index (χ0n) is 14.4. The zero-order chi connectivity index (χ0) is 19.0. The molecular weight excluding hydrogens is 481 g/mol. The molecule has 1 aromatic carbocycles. The number of pyridine rings is 1. The van der Waals surface area contributed by atoms with Crippen molar-refractivity contribution in [3.8, 4) is 17.1 Å². The van der Waals surface area contributed by atoms with E-state index in [2.05, 4.69) is 32.7 Å². The van der Waals surface area contributed by atoms with Gasteiger partial charge in [-0.1, -0.05) is 12.1 Å². The van der Waals surface area contributed by atoms with E-state index in [1.54, 1.807) is 30.6 Å². The van der Waals surface area contributed by atoms with E-state index in [1.807, 2.05) is 22.9 Å². The van der Waals surface area contributed by atoms with Gasteiger partial charge in [0.25, 0.3) is 0 Å². The van der Waals surface area contributed by atoms with Crippen LogP contribution in [0.25, 0.3) is 11.4 Å². The lowest BCUT2D eigenvalue weighted by molar-refractivity contribution is 0.304. The van der Waals surface area contributed by atoms with E-state index in [0.29, 0.717) is 12.4 Å². The summed E-state index contributed by atoms with van der Waals surface area (Å²) in [5.74, 6) is 0.604. The number of halogens is 1. The highest BCUT2D eigenvalue weighted by Crippen LogP contribution is 2.32. The predicted octanol–water partition coefficient (Wildman–Crippen LogP) is 3.06. The standard InChI is InChI=1S/C18H16IN3O4S/c1-27(23,24)14-4-2-3-12(7-14)10-25-13-5-6-16(20-8-13)18-15(19)9-21-22(18)17-11-26-17/h2-9,17H,10-11H2,1H3. The Morgan fingerprint density at radius 2 is 2.11 bits per heavy atom. The maximum Gasteiger partial charge on any atom is 0.175 e. The summed E-state index contributed by atoms with van der Waals surface area (Å²) < 4.78 is 37.2. The van der Waals surface area contributed by atoms with Gasteiger partial charge in [0.05, 0.1) is 33.2 Å². The van der Waals surface area contributed by atoms with Crippen molar-refractivity contribution in [1.29, 1.82) is 0 Å².